The van der Waals surface area contributed by atoms with Gasteiger partial charge in [-0.2, -0.15) is 0 Å². The number of carbonyl (C=O) groups excluding carboxylic acids is 1. The van der Waals surface area contributed by atoms with Crippen molar-refractivity contribution in [3.05, 3.63) is 64.6 Å². The van der Waals surface area contributed by atoms with Crippen LogP contribution in [0.3, 0.4) is 0 Å². The Balaban J connectivity index is 1.62. The summed E-state index contributed by atoms with van der Waals surface area (Å²) in [5.41, 5.74) is 3.96. The number of aromatic nitrogens is 1. The number of anilines is 1. The van der Waals surface area contributed by atoms with Gasteiger partial charge in [0, 0.05) is 33.7 Å². The zero-order valence-corrected chi connectivity index (χ0v) is 17.1. The summed E-state index contributed by atoms with van der Waals surface area (Å²) in [5.74, 6) is -0.0326. The maximum absolute atomic E-state index is 13.1. The number of benzene rings is 2. The van der Waals surface area contributed by atoms with Gasteiger partial charge < -0.3 is 4.90 Å². The summed E-state index contributed by atoms with van der Waals surface area (Å²) in [6.07, 6.45) is 4.24. The fraction of sp³-hybridized carbons (Fsp3) is 0.273. The third kappa shape index (κ3) is 3.87. The molecule has 6 heteroatoms. The van der Waals surface area contributed by atoms with Gasteiger partial charge in [0.05, 0.1) is 11.3 Å². The van der Waals surface area contributed by atoms with E-state index in [1.54, 1.807) is 35.8 Å². The Hall–Kier alpha value is -2.11. The van der Waals surface area contributed by atoms with Crippen LogP contribution in [0, 0.1) is 5.82 Å². The monoisotopic (exact) mass is 414 g/mol. The zero-order valence-electron chi connectivity index (χ0n) is 15.5. The van der Waals surface area contributed by atoms with E-state index in [2.05, 4.69) is 0 Å². The van der Waals surface area contributed by atoms with Gasteiger partial charge in [0.2, 0.25) is 5.91 Å². The largest absolute Gasteiger partial charge is 0.315 e. The number of pyridine rings is 1. The van der Waals surface area contributed by atoms with E-state index in [1.807, 2.05) is 18.2 Å². The van der Waals surface area contributed by atoms with Gasteiger partial charge in [-0.1, -0.05) is 17.7 Å². The fourth-order valence-corrected chi connectivity index (χ4v) is 4.91. The van der Waals surface area contributed by atoms with E-state index in [0.29, 0.717) is 16.5 Å². The molecule has 144 valence electrons. The maximum atomic E-state index is 13.1. The van der Waals surface area contributed by atoms with E-state index in [1.165, 1.54) is 17.7 Å². The first-order valence-corrected chi connectivity index (χ1v) is 10.7. The third-order valence-corrected chi connectivity index (χ3v) is 6.48. The lowest BCUT2D eigenvalue weighted by molar-refractivity contribution is -0.115. The Kier molecular flexibility index (Phi) is 5.56. The molecule has 0 atom stereocenters. The molecule has 0 saturated carbocycles. The second-order valence-corrected chi connectivity index (χ2v) is 8.37. The third-order valence-electron chi connectivity index (χ3n) is 5.10. The smallest absolute Gasteiger partial charge is 0.237 e. The van der Waals surface area contributed by atoms with Crippen LogP contribution in [0.15, 0.2) is 47.4 Å². The van der Waals surface area contributed by atoms with Crippen molar-refractivity contribution in [3.63, 3.8) is 0 Å². The van der Waals surface area contributed by atoms with Gasteiger partial charge in [0.25, 0.3) is 0 Å². The van der Waals surface area contributed by atoms with Crippen LogP contribution < -0.4 is 4.90 Å². The van der Waals surface area contributed by atoms with Gasteiger partial charge in [0.15, 0.2) is 0 Å². The Morgan fingerprint density at radius 2 is 1.93 bits per heavy atom. The number of nitrogens with zero attached hydrogens (tertiary/aromatic N) is 2. The number of rotatable bonds is 4. The van der Waals surface area contributed by atoms with E-state index in [4.69, 9.17) is 16.6 Å². The molecule has 0 saturated heterocycles. The average molecular weight is 415 g/mol. The summed E-state index contributed by atoms with van der Waals surface area (Å²) in [7, 11) is 1.72. The molecule has 0 bridgehead atoms. The van der Waals surface area contributed by atoms with E-state index in [0.717, 1.165) is 47.2 Å². The molecule has 0 spiro atoms. The molecule has 1 aliphatic rings. The molecule has 1 aliphatic carbocycles. The highest BCUT2D eigenvalue weighted by Gasteiger charge is 2.20. The minimum absolute atomic E-state index is 0.0277. The quantitative estimate of drug-likeness (QED) is 0.516. The summed E-state index contributed by atoms with van der Waals surface area (Å²) in [6, 6.07) is 11.7. The van der Waals surface area contributed by atoms with E-state index in [-0.39, 0.29) is 11.7 Å². The van der Waals surface area contributed by atoms with Gasteiger partial charge in [-0.15, -0.1) is 11.8 Å². The standard InChI is InChI=1S/C22H20ClFN2OS/c1-26(16-9-7-15(24)8-10-16)21(27)13-28-22-17-4-2-3-5-19(17)25-20-12-14(23)6-11-18(20)22/h6-12H,2-5,13H2,1H3. The van der Waals surface area contributed by atoms with Crippen molar-refractivity contribution in [2.75, 3.05) is 17.7 Å². The lowest BCUT2D eigenvalue weighted by atomic mass is 9.94. The van der Waals surface area contributed by atoms with Crippen molar-refractivity contribution < 1.29 is 9.18 Å². The molecule has 0 fully saturated rings. The van der Waals surface area contributed by atoms with Crippen molar-refractivity contribution in [2.45, 2.75) is 30.6 Å². The number of amides is 1. The molecule has 0 aliphatic heterocycles. The topological polar surface area (TPSA) is 33.2 Å². The number of hydrogen-bond donors (Lipinski definition) is 0. The van der Waals surface area contributed by atoms with E-state index in [9.17, 15) is 9.18 Å². The van der Waals surface area contributed by atoms with Crippen molar-refractivity contribution in [2.24, 2.45) is 0 Å². The van der Waals surface area contributed by atoms with E-state index < -0.39 is 0 Å². The van der Waals surface area contributed by atoms with Gasteiger partial charge in [-0.05, 0) is 67.6 Å². The molecule has 0 N–H and O–H groups in total. The highest BCUT2D eigenvalue weighted by molar-refractivity contribution is 8.00. The maximum Gasteiger partial charge on any atom is 0.237 e. The van der Waals surface area contributed by atoms with Crippen LogP contribution >= 0.6 is 23.4 Å². The number of aryl methyl sites for hydroxylation is 1. The normalized spacial score (nSPS) is 13.4. The highest BCUT2D eigenvalue weighted by atomic mass is 35.5. The summed E-state index contributed by atoms with van der Waals surface area (Å²) in [5, 5.41) is 1.71. The summed E-state index contributed by atoms with van der Waals surface area (Å²) < 4.78 is 13.1. The minimum Gasteiger partial charge on any atom is -0.315 e. The molecule has 0 radical (unpaired) electrons. The van der Waals surface area contributed by atoms with Crippen LogP contribution in [0.2, 0.25) is 5.02 Å². The van der Waals surface area contributed by atoms with Crippen LogP contribution in [-0.2, 0) is 17.6 Å². The number of thioether (sulfide) groups is 1. The number of hydrogen-bond acceptors (Lipinski definition) is 3. The summed E-state index contributed by atoms with van der Waals surface area (Å²) in [4.78, 5) is 20.3. The molecule has 3 nitrogen and oxygen atoms in total. The molecule has 4 rings (SSSR count). The van der Waals surface area contributed by atoms with Gasteiger partial charge in [0.1, 0.15) is 5.82 Å². The second-order valence-electron chi connectivity index (χ2n) is 6.95. The Bertz CT molecular complexity index is 1040. The van der Waals surface area contributed by atoms with Crippen LogP contribution in [-0.4, -0.2) is 23.7 Å². The molecular weight excluding hydrogens is 395 g/mol. The zero-order chi connectivity index (χ0) is 19.7. The molecule has 1 aromatic heterocycles. The second kappa shape index (κ2) is 8.10. The van der Waals surface area contributed by atoms with Crippen molar-refractivity contribution in [1.82, 2.24) is 4.98 Å². The van der Waals surface area contributed by atoms with Crippen LogP contribution in [0.25, 0.3) is 10.9 Å². The summed E-state index contributed by atoms with van der Waals surface area (Å²) in [6.45, 7) is 0. The van der Waals surface area contributed by atoms with Crippen molar-refractivity contribution in [3.8, 4) is 0 Å². The fourth-order valence-electron chi connectivity index (χ4n) is 3.56. The first kappa shape index (κ1) is 19.2. The average Bonchev–Trinajstić information content (AvgIpc) is 2.70. The number of halogens is 2. The highest BCUT2D eigenvalue weighted by Crippen LogP contribution is 2.37. The Labute approximate surface area is 172 Å². The Morgan fingerprint density at radius 1 is 1.18 bits per heavy atom. The molecule has 1 heterocycles. The number of carbonyl (C=O) groups is 1. The van der Waals surface area contributed by atoms with Crippen molar-refractivity contribution in [1.29, 1.82) is 0 Å². The lowest BCUT2D eigenvalue weighted by Crippen LogP contribution is -2.28. The molecule has 28 heavy (non-hydrogen) atoms. The van der Waals surface area contributed by atoms with Crippen LogP contribution in [0.1, 0.15) is 24.1 Å². The summed E-state index contributed by atoms with van der Waals surface area (Å²) >= 11 is 7.72. The van der Waals surface area contributed by atoms with E-state index >= 15 is 0 Å². The van der Waals surface area contributed by atoms with Crippen molar-refractivity contribution >= 4 is 45.9 Å². The van der Waals surface area contributed by atoms with Crippen LogP contribution in [0.4, 0.5) is 10.1 Å². The molecule has 3 aromatic rings. The predicted octanol–water partition coefficient (Wildman–Crippen LogP) is 5.66. The van der Waals surface area contributed by atoms with Crippen LogP contribution in [0.5, 0.6) is 0 Å². The molecule has 1 amide bonds. The SMILES string of the molecule is CN(C(=O)CSc1c2c(nc3cc(Cl)ccc13)CCCC2)c1ccc(F)cc1. The molecule has 0 unspecified atom stereocenters. The number of fused-ring (bicyclic) bond motifs is 2. The van der Waals surface area contributed by atoms with Gasteiger partial charge >= 0.3 is 0 Å². The predicted molar refractivity (Wildman–Crippen MR) is 114 cm³/mol. The lowest BCUT2D eigenvalue weighted by Gasteiger charge is -2.21. The van der Waals surface area contributed by atoms with Gasteiger partial charge in [-0.25, -0.2) is 4.39 Å². The first-order valence-electron chi connectivity index (χ1n) is 9.29. The molecular formula is C22H20ClFN2OS. The first-order chi connectivity index (χ1) is 13.5. The minimum atomic E-state index is -0.312. The Morgan fingerprint density at radius 3 is 2.71 bits per heavy atom. The molecule has 2 aromatic carbocycles. The van der Waals surface area contributed by atoms with Gasteiger partial charge in [-0.3, -0.25) is 9.78 Å².